The number of halogens is 4. The van der Waals surface area contributed by atoms with Crippen molar-refractivity contribution in [2.45, 2.75) is 3.79 Å². The van der Waals surface area contributed by atoms with E-state index in [9.17, 15) is 4.79 Å². The van der Waals surface area contributed by atoms with Crippen molar-refractivity contribution in [3.8, 4) is 0 Å². The molecule has 0 radical (unpaired) electrons. The fourth-order valence-corrected chi connectivity index (χ4v) is 1.33. The van der Waals surface area contributed by atoms with Crippen molar-refractivity contribution in [3.05, 3.63) is 34.9 Å². The summed E-state index contributed by atoms with van der Waals surface area (Å²) in [5, 5.41) is 0.277. The van der Waals surface area contributed by atoms with Crippen LogP contribution in [0.3, 0.4) is 0 Å². The molecule has 0 saturated heterocycles. The van der Waals surface area contributed by atoms with E-state index in [1.165, 1.54) is 6.07 Å². The van der Waals surface area contributed by atoms with Gasteiger partial charge in [-0.2, -0.15) is 0 Å². The lowest BCUT2D eigenvalue weighted by Crippen LogP contribution is -2.19. The summed E-state index contributed by atoms with van der Waals surface area (Å²) in [6, 6.07) is 6.41. The molecule has 0 aliphatic carbocycles. The minimum Gasteiger partial charge on any atom is -0.289 e. The standard InChI is InChI=1S/C8H4Cl4O/c9-6-4-2-1-3-5(6)7(13)8(10,11)12/h1-4H. The van der Waals surface area contributed by atoms with Crippen LogP contribution < -0.4 is 0 Å². The Morgan fingerprint density at radius 2 is 1.69 bits per heavy atom. The number of alkyl halides is 3. The van der Waals surface area contributed by atoms with Crippen LogP contribution in [0, 0.1) is 0 Å². The maximum absolute atomic E-state index is 11.4. The fourth-order valence-electron chi connectivity index (χ4n) is 0.798. The quantitative estimate of drug-likeness (QED) is 0.551. The normalized spacial score (nSPS) is 11.4. The predicted molar refractivity (Wildman–Crippen MR) is 56.1 cm³/mol. The highest BCUT2D eigenvalue weighted by Crippen LogP contribution is 2.32. The van der Waals surface area contributed by atoms with E-state index in [0.717, 1.165) is 0 Å². The van der Waals surface area contributed by atoms with E-state index in [1.54, 1.807) is 18.2 Å². The first kappa shape index (κ1) is 11.1. The van der Waals surface area contributed by atoms with Crippen molar-refractivity contribution < 1.29 is 4.79 Å². The van der Waals surface area contributed by atoms with Gasteiger partial charge >= 0.3 is 0 Å². The van der Waals surface area contributed by atoms with Crippen molar-refractivity contribution in [2.75, 3.05) is 0 Å². The van der Waals surface area contributed by atoms with Crippen molar-refractivity contribution >= 4 is 52.2 Å². The summed E-state index contributed by atoms with van der Waals surface area (Å²) >= 11 is 22.0. The molecule has 0 atom stereocenters. The van der Waals surface area contributed by atoms with E-state index in [0.29, 0.717) is 0 Å². The van der Waals surface area contributed by atoms with Crippen LogP contribution in [-0.4, -0.2) is 9.58 Å². The van der Waals surface area contributed by atoms with Crippen LogP contribution in [0.2, 0.25) is 5.02 Å². The van der Waals surface area contributed by atoms with Crippen LogP contribution in [0.1, 0.15) is 10.4 Å². The first-order chi connectivity index (χ1) is 5.93. The third-order valence-electron chi connectivity index (χ3n) is 1.38. The zero-order chi connectivity index (χ0) is 10.1. The van der Waals surface area contributed by atoms with Crippen LogP contribution in [0.15, 0.2) is 24.3 Å². The van der Waals surface area contributed by atoms with Gasteiger partial charge in [0.2, 0.25) is 5.78 Å². The van der Waals surface area contributed by atoms with Gasteiger partial charge in [0.15, 0.2) is 0 Å². The molecule has 0 amide bonds. The first-order valence-electron chi connectivity index (χ1n) is 3.29. The zero-order valence-electron chi connectivity index (χ0n) is 6.23. The minimum absolute atomic E-state index is 0.212. The molecule has 1 aromatic rings. The van der Waals surface area contributed by atoms with E-state index >= 15 is 0 Å². The molecule has 70 valence electrons. The van der Waals surface area contributed by atoms with Crippen LogP contribution >= 0.6 is 46.4 Å². The Bertz CT molecular complexity index is 329. The Morgan fingerprint density at radius 1 is 1.15 bits per heavy atom. The number of carbonyl (C=O) groups excluding carboxylic acids is 1. The largest absolute Gasteiger partial charge is 0.289 e. The van der Waals surface area contributed by atoms with Gasteiger partial charge < -0.3 is 0 Å². The number of benzene rings is 1. The van der Waals surface area contributed by atoms with E-state index in [-0.39, 0.29) is 10.6 Å². The van der Waals surface area contributed by atoms with Gasteiger partial charge in [0.1, 0.15) is 0 Å². The number of carbonyl (C=O) groups is 1. The number of hydrogen-bond donors (Lipinski definition) is 0. The summed E-state index contributed by atoms with van der Waals surface area (Å²) in [6.45, 7) is 0. The number of rotatable bonds is 1. The zero-order valence-corrected chi connectivity index (χ0v) is 9.25. The van der Waals surface area contributed by atoms with Crippen molar-refractivity contribution in [3.63, 3.8) is 0 Å². The van der Waals surface area contributed by atoms with Gasteiger partial charge in [-0.3, -0.25) is 4.79 Å². The summed E-state index contributed by atoms with van der Waals surface area (Å²) in [4.78, 5) is 11.4. The lowest BCUT2D eigenvalue weighted by Gasteiger charge is -2.09. The molecule has 0 unspecified atom stereocenters. The molecule has 0 saturated carbocycles. The molecule has 0 spiro atoms. The van der Waals surface area contributed by atoms with Crippen molar-refractivity contribution in [1.82, 2.24) is 0 Å². The molecule has 0 heterocycles. The van der Waals surface area contributed by atoms with E-state index in [4.69, 9.17) is 46.4 Å². The van der Waals surface area contributed by atoms with Gasteiger partial charge in [-0.25, -0.2) is 0 Å². The second-order valence-electron chi connectivity index (χ2n) is 2.31. The third kappa shape index (κ3) is 2.75. The molecule has 1 nitrogen and oxygen atoms in total. The lowest BCUT2D eigenvalue weighted by atomic mass is 10.1. The summed E-state index contributed by atoms with van der Waals surface area (Å²) < 4.78 is -1.95. The van der Waals surface area contributed by atoms with Gasteiger partial charge in [-0.1, -0.05) is 58.5 Å². The van der Waals surface area contributed by atoms with Crippen molar-refractivity contribution in [1.29, 1.82) is 0 Å². The molecule has 13 heavy (non-hydrogen) atoms. The Hall–Kier alpha value is 0.0500. The highest BCUT2D eigenvalue weighted by Gasteiger charge is 2.32. The highest BCUT2D eigenvalue weighted by atomic mass is 35.6. The number of ketones is 1. The fraction of sp³-hybridized carbons (Fsp3) is 0.125. The Labute approximate surface area is 95.5 Å². The van der Waals surface area contributed by atoms with Gasteiger partial charge in [-0.15, -0.1) is 0 Å². The average molecular weight is 258 g/mol. The Kier molecular flexibility index (Phi) is 3.47. The molecule has 0 N–H and O–H groups in total. The summed E-state index contributed by atoms with van der Waals surface area (Å²) in [5.74, 6) is -0.622. The molecule has 0 bridgehead atoms. The molecule has 1 aromatic carbocycles. The van der Waals surface area contributed by atoms with Gasteiger partial charge in [-0.05, 0) is 12.1 Å². The topological polar surface area (TPSA) is 17.1 Å². The van der Waals surface area contributed by atoms with Gasteiger partial charge in [0.25, 0.3) is 3.79 Å². The van der Waals surface area contributed by atoms with Crippen LogP contribution in [-0.2, 0) is 0 Å². The van der Waals surface area contributed by atoms with Crippen LogP contribution in [0.4, 0.5) is 0 Å². The minimum atomic E-state index is -1.95. The Balaban J connectivity index is 3.10. The van der Waals surface area contributed by atoms with Crippen LogP contribution in [0.25, 0.3) is 0 Å². The molecule has 5 heteroatoms. The molecular weight excluding hydrogens is 254 g/mol. The van der Waals surface area contributed by atoms with E-state index in [2.05, 4.69) is 0 Å². The van der Waals surface area contributed by atoms with E-state index in [1.807, 2.05) is 0 Å². The molecule has 1 rings (SSSR count). The third-order valence-corrected chi connectivity index (χ3v) is 2.22. The molecule has 0 aliphatic rings. The maximum Gasteiger partial charge on any atom is 0.253 e. The smallest absolute Gasteiger partial charge is 0.253 e. The molecule has 0 aliphatic heterocycles. The number of Topliss-reactive ketones (excluding diaryl/α,β-unsaturated/α-hetero) is 1. The van der Waals surface area contributed by atoms with Crippen molar-refractivity contribution in [2.24, 2.45) is 0 Å². The Morgan fingerprint density at radius 3 is 2.15 bits per heavy atom. The second-order valence-corrected chi connectivity index (χ2v) is 5.00. The first-order valence-corrected chi connectivity index (χ1v) is 4.80. The average Bonchev–Trinajstić information content (AvgIpc) is 2.02. The monoisotopic (exact) mass is 256 g/mol. The second kappa shape index (κ2) is 4.05. The highest BCUT2D eigenvalue weighted by molar-refractivity contribution is 6.77. The molecule has 0 aromatic heterocycles. The SMILES string of the molecule is O=C(c1ccccc1Cl)C(Cl)(Cl)Cl. The van der Waals surface area contributed by atoms with E-state index < -0.39 is 9.58 Å². The summed E-state index contributed by atoms with van der Waals surface area (Å²) in [7, 11) is 0. The van der Waals surface area contributed by atoms with Gasteiger partial charge in [0, 0.05) is 5.56 Å². The molecular formula is C8H4Cl4O. The predicted octanol–water partition coefficient (Wildman–Crippen LogP) is 3.89. The molecule has 0 fully saturated rings. The summed E-state index contributed by atoms with van der Waals surface area (Å²) in [5.41, 5.74) is 0.212. The summed E-state index contributed by atoms with van der Waals surface area (Å²) in [6.07, 6.45) is 0. The lowest BCUT2D eigenvalue weighted by molar-refractivity contribution is 0.0996. The number of hydrogen-bond acceptors (Lipinski definition) is 1. The maximum atomic E-state index is 11.4. The van der Waals surface area contributed by atoms with Gasteiger partial charge in [0.05, 0.1) is 5.02 Å². The van der Waals surface area contributed by atoms with Crippen LogP contribution in [0.5, 0.6) is 0 Å².